The van der Waals surface area contributed by atoms with Crippen LogP contribution in [0.5, 0.6) is 0 Å². The number of carbonyl (C=O) groups is 1. The van der Waals surface area contributed by atoms with E-state index in [1.165, 1.54) is 0 Å². The summed E-state index contributed by atoms with van der Waals surface area (Å²) in [5, 5.41) is 12.9. The number of halogens is 2. The Morgan fingerprint density at radius 3 is 2.65 bits per heavy atom. The number of pyridine rings is 1. The fourth-order valence-corrected chi connectivity index (χ4v) is 2.34. The molecule has 1 aliphatic rings. The van der Waals surface area contributed by atoms with E-state index in [-0.39, 0.29) is 36.6 Å². The van der Waals surface area contributed by atoms with E-state index in [1.807, 2.05) is 12.1 Å². The summed E-state index contributed by atoms with van der Waals surface area (Å²) >= 11 is 0. The predicted octanol–water partition coefficient (Wildman–Crippen LogP) is 0.506. The molecule has 0 bridgehead atoms. The van der Waals surface area contributed by atoms with Gasteiger partial charge in [-0.3, -0.25) is 9.78 Å². The SMILES string of the molecule is CNCC(=O)N1C[C@@H](Cc2ccncc2)[C@H](O)C1.Cl.Cl. The van der Waals surface area contributed by atoms with Gasteiger partial charge in [0.15, 0.2) is 0 Å². The lowest BCUT2D eigenvalue weighted by Gasteiger charge is -2.15. The number of β-amino-alcohol motifs (C(OH)–C–C–N with tert-alkyl or cyclic N) is 1. The molecule has 2 atom stereocenters. The van der Waals surface area contributed by atoms with Crippen LogP contribution in [0, 0.1) is 5.92 Å². The fourth-order valence-electron chi connectivity index (χ4n) is 2.34. The first-order chi connectivity index (χ1) is 8.70. The highest BCUT2D eigenvalue weighted by Crippen LogP contribution is 2.21. The summed E-state index contributed by atoms with van der Waals surface area (Å²) in [7, 11) is 1.75. The Balaban J connectivity index is 0.00000180. The lowest BCUT2D eigenvalue weighted by molar-refractivity contribution is -0.129. The van der Waals surface area contributed by atoms with Gasteiger partial charge in [-0.15, -0.1) is 24.8 Å². The Morgan fingerprint density at radius 2 is 2.05 bits per heavy atom. The van der Waals surface area contributed by atoms with E-state index in [1.54, 1.807) is 24.3 Å². The third-order valence-corrected chi connectivity index (χ3v) is 3.33. The van der Waals surface area contributed by atoms with Crippen LogP contribution in [0.15, 0.2) is 24.5 Å². The van der Waals surface area contributed by atoms with Crippen molar-refractivity contribution in [2.24, 2.45) is 5.92 Å². The van der Waals surface area contributed by atoms with Gasteiger partial charge in [-0.25, -0.2) is 0 Å². The third kappa shape index (κ3) is 4.90. The molecule has 1 aromatic heterocycles. The van der Waals surface area contributed by atoms with Crippen molar-refractivity contribution in [2.75, 3.05) is 26.7 Å². The molecular formula is C13H21Cl2N3O2. The zero-order chi connectivity index (χ0) is 13.0. The van der Waals surface area contributed by atoms with Gasteiger partial charge in [0, 0.05) is 31.4 Å². The molecule has 1 aliphatic heterocycles. The van der Waals surface area contributed by atoms with Crippen molar-refractivity contribution in [1.82, 2.24) is 15.2 Å². The number of nitrogens with one attached hydrogen (secondary N) is 1. The first kappa shape index (κ1) is 19.1. The molecule has 5 nitrogen and oxygen atoms in total. The van der Waals surface area contributed by atoms with Crippen molar-refractivity contribution in [3.05, 3.63) is 30.1 Å². The lowest BCUT2D eigenvalue weighted by atomic mass is 9.97. The molecule has 0 saturated carbocycles. The first-order valence-corrected chi connectivity index (χ1v) is 6.20. The number of carbonyl (C=O) groups excluding carboxylic acids is 1. The van der Waals surface area contributed by atoms with Gasteiger partial charge in [0.05, 0.1) is 12.6 Å². The second kappa shape index (κ2) is 9.13. The Labute approximate surface area is 131 Å². The summed E-state index contributed by atoms with van der Waals surface area (Å²) in [4.78, 5) is 17.4. The maximum absolute atomic E-state index is 11.7. The molecule has 2 heterocycles. The molecule has 7 heteroatoms. The van der Waals surface area contributed by atoms with Crippen LogP contribution in [0.4, 0.5) is 0 Å². The maximum Gasteiger partial charge on any atom is 0.236 e. The molecule has 114 valence electrons. The molecule has 1 amide bonds. The average molecular weight is 322 g/mol. The van der Waals surface area contributed by atoms with Crippen LogP contribution >= 0.6 is 24.8 Å². The van der Waals surface area contributed by atoms with E-state index in [2.05, 4.69) is 10.3 Å². The molecule has 2 rings (SSSR count). The number of hydrogen-bond donors (Lipinski definition) is 2. The number of nitrogens with zero attached hydrogens (tertiary/aromatic N) is 2. The smallest absolute Gasteiger partial charge is 0.236 e. The van der Waals surface area contributed by atoms with E-state index < -0.39 is 6.10 Å². The van der Waals surface area contributed by atoms with Crippen LogP contribution in [-0.4, -0.2) is 53.7 Å². The first-order valence-electron chi connectivity index (χ1n) is 6.20. The molecule has 1 fully saturated rings. The van der Waals surface area contributed by atoms with Crippen molar-refractivity contribution in [1.29, 1.82) is 0 Å². The molecule has 1 aromatic rings. The summed E-state index contributed by atoms with van der Waals surface area (Å²) in [6.07, 6.45) is 3.85. The number of likely N-dealkylation sites (N-methyl/N-ethyl adjacent to an activating group) is 1. The number of likely N-dealkylation sites (tertiary alicyclic amines) is 1. The summed E-state index contributed by atoms with van der Waals surface area (Å²) in [5.74, 6) is 0.169. The molecule has 0 unspecified atom stereocenters. The van der Waals surface area contributed by atoms with E-state index in [0.29, 0.717) is 19.6 Å². The molecule has 0 aliphatic carbocycles. The molecule has 0 aromatic carbocycles. The van der Waals surface area contributed by atoms with Crippen LogP contribution in [-0.2, 0) is 11.2 Å². The molecule has 20 heavy (non-hydrogen) atoms. The van der Waals surface area contributed by atoms with E-state index >= 15 is 0 Å². The Bertz CT molecular complexity index is 406. The summed E-state index contributed by atoms with van der Waals surface area (Å²) in [6, 6.07) is 3.90. The second-order valence-corrected chi connectivity index (χ2v) is 4.72. The standard InChI is InChI=1S/C13H19N3O2.2ClH/c1-14-7-13(18)16-8-11(12(17)9-16)6-10-2-4-15-5-3-10;;/h2-5,11-12,14,17H,6-9H2,1H3;2*1H/t11-,12-;;/m1../s1. The van der Waals surface area contributed by atoms with Gasteiger partial charge >= 0.3 is 0 Å². The number of rotatable bonds is 4. The Kier molecular flexibility index (Phi) is 8.73. The van der Waals surface area contributed by atoms with Gasteiger partial charge in [-0.2, -0.15) is 0 Å². The van der Waals surface area contributed by atoms with Crippen LogP contribution in [0.2, 0.25) is 0 Å². The topological polar surface area (TPSA) is 65.5 Å². The second-order valence-electron chi connectivity index (χ2n) is 4.72. The monoisotopic (exact) mass is 321 g/mol. The Hall–Kier alpha value is -0.880. The minimum atomic E-state index is -0.432. The normalized spacial score (nSPS) is 21.0. The van der Waals surface area contributed by atoms with Crippen molar-refractivity contribution >= 4 is 30.7 Å². The minimum Gasteiger partial charge on any atom is -0.391 e. The van der Waals surface area contributed by atoms with Gasteiger partial charge in [-0.1, -0.05) is 0 Å². The van der Waals surface area contributed by atoms with Crippen LogP contribution < -0.4 is 5.32 Å². The molecular weight excluding hydrogens is 301 g/mol. The zero-order valence-electron chi connectivity index (χ0n) is 11.4. The van der Waals surface area contributed by atoms with E-state index in [0.717, 1.165) is 12.0 Å². The number of amides is 1. The van der Waals surface area contributed by atoms with E-state index in [4.69, 9.17) is 0 Å². The van der Waals surface area contributed by atoms with Crippen molar-refractivity contribution in [3.63, 3.8) is 0 Å². The largest absolute Gasteiger partial charge is 0.391 e. The summed E-state index contributed by atoms with van der Waals surface area (Å²) in [6.45, 7) is 1.40. The molecule has 2 N–H and O–H groups in total. The molecule has 0 radical (unpaired) electrons. The van der Waals surface area contributed by atoms with Crippen LogP contribution in [0.3, 0.4) is 0 Å². The van der Waals surface area contributed by atoms with Gasteiger partial charge in [0.1, 0.15) is 0 Å². The van der Waals surface area contributed by atoms with Gasteiger partial charge < -0.3 is 15.3 Å². The maximum atomic E-state index is 11.7. The summed E-state index contributed by atoms with van der Waals surface area (Å²) in [5.41, 5.74) is 1.15. The predicted molar refractivity (Wildman–Crippen MR) is 82.4 cm³/mol. The summed E-state index contributed by atoms with van der Waals surface area (Å²) < 4.78 is 0. The minimum absolute atomic E-state index is 0. The highest BCUT2D eigenvalue weighted by Gasteiger charge is 2.33. The third-order valence-electron chi connectivity index (χ3n) is 3.33. The van der Waals surface area contributed by atoms with Crippen LogP contribution in [0.25, 0.3) is 0 Å². The number of aromatic nitrogens is 1. The number of aliphatic hydroxyl groups excluding tert-OH is 1. The lowest BCUT2D eigenvalue weighted by Crippen LogP contribution is -2.36. The molecule has 0 spiro atoms. The van der Waals surface area contributed by atoms with Crippen molar-refractivity contribution in [3.8, 4) is 0 Å². The van der Waals surface area contributed by atoms with Gasteiger partial charge in [-0.05, 0) is 31.2 Å². The Morgan fingerprint density at radius 1 is 1.40 bits per heavy atom. The highest BCUT2D eigenvalue weighted by molar-refractivity contribution is 5.85. The zero-order valence-corrected chi connectivity index (χ0v) is 13.0. The quantitative estimate of drug-likeness (QED) is 0.848. The average Bonchev–Trinajstić information content (AvgIpc) is 2.73. The van der Waals surface area contributed by atoms with Crippen molar-refractivity contribution in [2.45, 2.75) is 12.5 Å². The number of hydrogen-bond acceptors (Lipinski definition) is 4. The highest BCUT2D eigenvalue weighted by atomic mass is 35.5. The van der Waals surface area contributed by atoms with Crippen molar-refractivity contribution < 1.29 is 9.90 Å². The van der Waals surface area contributed by atoms with Gasteiger partial charge in [0.25, 0.3) is 0 Å². The van der Waals surface area contributed by atoms with Gasteiger partial charge in [0.2, 0.25) is 5.91 Å². The fraction of sp³-hybridized carbons (Fsp3) is 0.538. The molecule has 1 saturated heterocycles. The number of aliphatic hydroxyl groups is 1. The van der Waals surface area contributed by atoms with E-state index in [9.17, 15) is 9.90 Å². The van der Waals surface area contributed by atoms with Crippen LogP contribution in [0.1, 0.15) is 5.56 Å².